The number of aromatic nitrogens is 3. The average Bonchev–Trinajstić information content (AvgIpc) is 3.33. The number of likely N-dealkylation sites (tertiary alicyclic amines) is 1. The fourth-order valence-electron chi connectivity index (χ4n) is 3.91. The Kier molecular flexibility index (Phi) is 8.27. The van der Waals surface area contributed by atoms with Gasteiger partial charge >= 0.3 is 0 Å². The van der Waals surface area contributed by atoms with Crippen LogP contribution in [0.5, 0.6) is 0 Å². The van der Waals surface area contributed by atoms with Crippen LogP contribution < -0.4 is 10.6 Å². The normalized spacial score (nSPS) is 14.1. The molecule has 1 fully saturated rings. The molecule has 4 rings (SSSR count). The van der Waals surface area contributed by atoms with Gasteiger partial charge in [-0.1, -0.05) is 28.9 Å². The van der Waals surface area contributed by atoms with Gasteiger partial charge in [0.25, 0.3) is 0 Å². The fourth-order valence-corrected chi connectivity index (χ4v) is 4.03. The molecule has 0 saturated carbocycles. The minimum absolute atomic E-state index is 0.00179. The van der Waals surface area contributed by atoms with Gasteiger partial charge in [-0.25, -0.2) is 0 Å². The number of piperidine rings is 1. The van der Waals surface area contributed by atoms with Crippen LogP contribution in [0.2, 0.25) is 5.02 Å². The van der Waals surface area contributed by atoms with E-state index >= 15 is 0 Å². The maximum atomic E-state index is 12.5. The van der Waals surface area contributed by atoms with E-state index in [-0.39, 0.29) is 43.2 Å². The van der Waals surface area contributed by atoms with Crippen LogP contribution in [0.1, 0.15) is 24.8 Å². The summed E-state index contributed by atoms with van der Waals surface area (Å²) >= 11 is 5.86. The van der Waals surface area contributed by atoms with E-state index in [0.717, 1.165) is 11.1 Å². The van der Waals surface area contributed by atoms with Gasteiger partial charge in [-0.15, -0.1) is 5.10 Å². The van der Waals surface area contributed by atoms with E-state index in [2.05, 4.69) is 26.0 Å². The van der Waals surface area contributed by atoms with Gasteiger partial charge in [0.2, 0.25) is 17.7 Å². The summed E-state index contributed by atoms with van der Waals surface area (Å²) < 4.78 is 5.52. The Morgan fingerprint density at radius 1 is 1.11 bits per heavy atom. The van der Waals surface area contributed by atoms with E-state index in [1.54, 1.807) is 35.2 Å². The molecule has 3 aromatic rings. The number of benzene rings is 2. The molecule has 0 atom stereocenters. The third-order valence-electron chi connectivity index (χ3n) is 5.89. The molecule has 35 heavy (non-hydrogen) atoms. The van der Waals surface area contributed by atoms with Crippen molar-refractivity contribution in [3.63, 3.8) is 0 Å². The van der Waals surface area contributed by atoms with Crippen molar-refractivity contribution in [2.75, 3.05) is 31.6 Å². The van der Waals surface area contributed by atoms with E-state index < -0.39 is 0 Å². The van der Waals surface area contributed by atoms with Gasteiger partial charge in [0, 0.05) is 42.7 Å². The number of nitrogens with zero attached hydrogens (tertiary/aromatic N) is 3. The van der Waals surface area contributed by atoms with Crippen LogP contribution in [0.25, 0.3) is 11.0 Å². The molecule has 2 aromatic carbocycles. The first-order chi connectivity index (χ1) is 17.0. The summed E-state index contributed by atoms with van der Waals surface area (Å²) in [5.74, 6) is -0.551. The number of H-pyrrole nitrogens is 1. The van der Waals surface area contributed by atoms with Crippen LogP contribution in [0.3, 0.4) is 0 Å². The SMILES string of the molecule is O=C(CCNC(=O)C1CCN(C(=O)COCc2ccc(Cl)cc2)CC1)Nc1ccc2[nH]nnc2c1. The molecule has 1 aromatic heterocycles. The second-order valence-electron chi connectivity index (χ2n) is 8.41. The minimum atomic E-state index is -0.202. The molecule has 1 aliphatic rings. The number of ether oxygens (including phenoxy) is 1. The molecular weight excluding hydrogens is 472 g/mol. The molecule has 1 aliphatic heterocycles. The van der Waals surface area contributed by atoms with Crippen molar-refractivity contribution >= 4 is 46.0 Å². The summed E-state index contributed by atoms with van der Waals surface area (Å²) in [6.45, 7) is 1.59. The van der Waals surface area contributed by atoms with Crippen LogP contribution in [0, 0.1) is 5.92 Å². The number of hydrogen-bond donors (Lipinski definition) is 3. The zero-order valence-electron chi connectivity index (χ0n) is 19.1. The smallest absolute Gasteiger partial charge is 0.248 e. The van der Waals surface area contributed by atoms with E-state index in [1.165, 1.54) is 0 Å². The summed E-state index contributed by atoms with van der Waals surface area (Å²) in [5, 5.41) is 16.7. The van der Waals surface area contributed by atoms with Crippen LogP contribution >= 0.6 is 11.6 Å². The number of rotatable bonds is 9. The van der Waals surface area contributed by atoms with E-state index in [9.17, 15) is 14.4 Å². The molecule has 11 heteroatoms. The monoisotopic (exact) mass is 498 g/mol. The predicted octanol–water partition coefficient (Wildman–Crippen LogP) is 2.51. The standard InChI is InChI=1S/C24H27ClN6O4/c25-18-3-1-16(2-4-18)14-35-15-23(33)31-11-8-17(9-12-31)24(34)26-10-7-22(32)27-19-5-6-20-21(13-19)29-30-28-20/h1-6,13,17H,7-12,14-15H2,(H,26,34)(H,27,32)(H,28,29,30). The highest BCUT2D eigenvalue weighted by molar-refractivity contribution is 6.30. The van der Waals surface area contributed by atoms with Crippen molar-refractivity contribution in [3.05, 3.63) is 53.1 Å². The number of amides is 3. The average molecular weight is 499 g/mol. The van der Waals surface area contributed by atoms with Crippen LogP contribution in [-0.4, -0.2) is 64.3 Å². The first-order valence-corrected chi connectivity index (χ1v) is 11.8. The predicted molar refractivity (Wildman–Crippen MR) is 131 cm³/mol. The number of carbonyl (C=O) groups is 3. The van der Waals surface area contributed by atoms with Gasteiger partial charge in [0.15, 0.2) is 0 Å². The van der Waals surface area contributed by atoms with Crippen molar-refractivity contribution in [3.8, 4) is 0 Å². The van der Waals surface area contributed by atoms with Gasteiger partial charge in [0.1, 0.15) is 12.1 Å². The number of nitrogens with one attached hydrogen (secondary N) is 3. The Hall–Kier alpha value is -3.50. The van der Waals surface area contributed by atoms with Gasteiger partial charge in [0.05, 0.1) is 12.1 Å². The zero-order chi connectivity index (χ0) is 24.6. The highest BCUT2D eigenvalue weighted by Crippen LogP contribution is 2.18. The van der Waals surface area contributed by atoms with Gasteiger partial charge in [-0.2, -0.15) is 0 Å². The molecule has 0 unspecified atom stereocenters. The summed E-state index contributed by atoms with van der Waals surface area (Å²) in [4.78, 5) is 38.8. The lowest BCUT2D eigenvalue weighted by Gasteiger charge is -2.31. The molecule has 1 saturated heterocycles. The number of carbonyl (C=O) groups excluding carboxylic acids is 3. The molecule has 3 N–H and O–H groups in total. The maximum absolute atomic E-state index is 12.5. The number of anilines is 1. The Labute approximate surface area is 207 Å². The van der Waals surface area contributed by atoms with Crippen LogP contribution in [0.15, 0.2) is 42.5 Å². The van der Waals surface area contributed by atoms with Crippen molar-refractivity contribution in [2.45, 2.75) is 25.9 Å². The van der Waals surface area contributed by atoms with Crippen molar-refractivity contribution < 1.29 is 19.1 Å². The van der Waals surface area contributed by atoms with E-state index in [0.29, 0.717) is 48.8 Å². The van der Waals surface area contributed by atoms with Crippen molar-refractivity contribution in [1.82, 2.24) is 25.6 Å². The quantitative estimate of drug-likeness (QED) is 0.415. The minimum Gasteiger partial charge on any atom is -0.367 e. The molecule has 184 valence electrons. The van der Waals surface area contributed by atoms with Crippen LogP contribution in [0.4, 0.5) is 5.69 Å². The van der Waals surface area contributed by atoms with Gasteiger partial charge < -0.3 is 20.3 Å². The second-order valence-corrected chi connectivity index (χ2v) is 8.84. The van der Waals surface area contributed by atoms with Gasteiger partial charge in [-0.3, -0.25) is 19.5 Å². The molecule has 3 amide bonds. The third-order valence-corrected chi connectivity index (χ3v) is 6.14. The Morgan fingerprint density at radius 3 is 2.66 bits per heavy atom. The van der Waals surface area contributed by atoms with E-state index in [4.69, 9.17) is 16.3 Å². The molecule has 2 heterocycles. The largest absolute Gasteiger partial charge is 0.367 e. The summed E-state index contributed by atoms with van der Waals surface area (Å²) in [7, 11) is 0. The lowest BCUT2D eigenvalue weighted by Crippen LogP contribution is -2.44. The molecule has 10 nitrogen and oxygen atoms in total. The Morgan fingerprint density at radius 2 is 1.89 bits per heavy atom. The molecular formula is C24H27ClN6O4. The summed E-state index contributed by atoms with van der Waals surface area (Å²) in [5.41, 5.74) is 3.02. The maximum Gasteiger partial charge on any atom is 0.248 e. The van der Waals surface area contributed by atoms with Crippen LogP contribution in [-0.2, 0) is 25.7 Å². The van der Waals surface area contributed by atoms with Crippen molar-refractivity contribution in [2.24, 2.45) is 5.92 Å². The fraction of sp³-hybridized carbons (Fsp3) is 0.375. The molecule has 0 aliphatic carbocycles. The molecule has 0 radical (unpaired) electrons. The Bertz CT molecular complexity index is 1170. The Balaban J connectivity index is 1.11. The summed E-state index contributed by atoms with van der Waals surface area (Å²) in [6.07, 6.45) is 1.32. The lowest BCUT2D eigenvalue weighted by molar-refractivity contribution is -0.140. The number of aromatic amines is 1. The third kappa shape index (κ3) is 7.00. The van der Waals surface area contributed by atoms with Gasteiger partial charge in [-0.05, 0) is 48.7 Å². The highest BCUT2D eigenvalue weighted by atomic mass is 35.5. The summed E-state index contributed by atoms with van der Waals surface area (Å²) in [6, 6.07) is 12.6. The lowest BCUT2D eigenvalue weighted by atomic mass is 9.96. The number of hydrogen-bond acceptors (Lipinski definition) is 6. The molecule has 0 spiro atoms. The number of fused-ring (bicyclic) bond motifs is 1. The highest BCUT2D eigenvalue weighted by Gasteiger charge is 2.27. The topological polar surface area (TPSA) is 129 Å². The zero-order valence-corrected chi connectivity index (χ0v) is 19.9. The first-order valence-electron chi connectivity index (χ1n) is 11.5. The molecule has 0 bridgehead atoms. The number of halogens is 1. The first kappa shape index (κ1) is 24.6. The van der Waals surface area contributed by atoms with E-state index in [1.807, 2.05) is 12.1 Å². The second kappa shape index (κ2) is 11.8. The van der Waals surface area contributed by atoms with Crippen molar-refractivity contribution in [1.29, 1.82) is 0 Å².